The molecule has 3 N–H and O–H groups in total. The Morgan fingerprint density at radius 3 is 2.55 bits per heavy atom. The second kappa shape index (κ2) is 5.07. The first kappa shape index (κ1) is 12.8. The first-order chi connectivity index (χ1) is 9.65. The van der Waals surface area contributed by atoms with E-state index in [-0.39, 0.29) is 5.91 Å². The van der Waals surface area contributed by atoms with E-state index in [0.717, 1.165) is 11.1 Å². The minimum absolute atomic E-state index is 0.318. The Hall–Kier alpha value is -2.17. The molecule has 0 saturated carbocycles. The molecule has 0 radical (unpaired) electrons. The van der Waals surface area contributed by atoms with Crippen LogP contribution in [0.4, 0.5) is 5.69 Å². The van der Waals surface area contributed by atoms with Crippen molar-refractivity contribution in [2.45, 2.75) is 6.17 Å². The van der Waals surface area contributed by atoms with E-state index in [4.69, 9.17) is 17.3 Å². The molecule has 1 aliphatic heterocycles. The summed E-state index contributed by atoms with van der Waals surface area (Å²) in [6, 6.07) is 14.8. The van der Waals surface area contributed by atoms with Crippen molar-refractivity contribution in [3.63, 3.8) is 0 Å². The lowest BCUT2D eigenvalue weighted by atomic mass is 10.0. The standard InChI is InChI=1S/C15H12ClN3O/c16-10-7-5-9(6-8-10)13-11-3-1-2-4-12(11)18-15(20)14(17)19-13/h1-8,14H,17H2,(H,18,20). The summed E-state index contributed by atoms with van der Waals surface area (Å²) < 4.78 is 0. The topological polar surface area (TPSA) is 67.5 Å². The highest BCUT2D eigenvalue weighted by Crippen LogP contribution is 2.23. The van der Waals surface area contributed by atoms with Crippen molar-refractivity contribution < 1.29 is 4.79 Å². The number of nitrogens with zero attached hydrogens (tertiary/aromatic N) is 1. The van der Waals surface area contributed by atoms with Crippen LogP contribution in [0.15, 0.2) is 53.5 Å². The van der Waals surface area contributed by atoms with Gasteiger partial charge < -0.3 is 11.1 Å². The number of amides is 1. The number of halogens is 1. The molecule has 4 nitrogen and oxygen atoms in total. The number of aliphatic imine (C=N–C) groups is 1. The summed E-state index contributed by atoms with van der Waals surface area (Å²) in [5, 5.41) is 3.43. The lowest BCUT2D eigenvalue weighted by molar-refractivity contribution is -0.117. The molecule has 1 atom stereocenters. The van der Waals surface area contributed by atoms with Gasteiger partial charge in [0.15, 0.2) is 6.17 Å². The number of fused-ring (bicyclic) bond motifs is 1. The summed E-state index contributed by atoms with van der Waals surface area (Å²) in [5.74, 6) is -0.318. The van der Waals surface area contributed by atoms with Gasteiger partial charge in [-0.25, -0.2) is 0 Å². The fourth-order valence-corrected chi connectivity index (χ4v) is 2.24. The van der Waals surface area contributed by atoms with E-state index < -0.39 is 6.17 Å². The highest BCUT2D eigenvalue weighted by Gasteiger charge is 2.22. The third-order valence-corrected chi connectivity index (χ3v) is 3.35. The molecule has 0 bridgehead atoms. The van der Waals surface area contributed by atoms with Crippen LogP contribution in [0.1, 0.15) is 11.1 Å². The summed E-state index contributed by atoms with van der Waals surface area (Å²) in [6.07, 6.45) is -0.923. The molecule has 1 aliphatic rings. The van der Waals surface area contributed by atoms with E-state index in [2.05, 4.69) is 10.3 Å². The molecule has 100 valence electrons. The number of nitrogens with two attached hydrogens (primary N) is 1. The molecule has 0 saturated heterocycles. The lowest BCUT2D eigenvalue weighted by Gasteiger charge is -2.09. The van der Waals surface area contributed by atoms with Gasteiger partial charge in [-0.15, -0.1) is 0 Å². The van der Waals surface area contributed by atoms with Gasteiger partial charge in [0.2, 0.25) is 0 Å². The van der Waals surface area contributed by atoms with Gasteiger partial charge in [0.25, 0.3) is 5.91 Å². The number of anilines is 1. The van der Waals surface area contributed by atoms with Crippen molar-refractivity contribution >= 4 is 28.9 Å². The largest absolute Gasteiger partial charge is 0.322 e. The summed E-state index contributed by atoms with van der Waals surface area (Å²) in [4.78, 5) is 16.2. The van der Waals surface area contributed by atoms with Gasteiger partial charge in [-0.05, 0) is 18.2 Å². The zero-order valence-corrected chi connectivity index (χ0v) is 11.3. The smallest absolute Gasteiger partial charge is 0.263 e. The van der Waals surface area contributed by atoms with E-state index in [1.807, 2.05) is 36.4 Å². The molecule has 1 amide bonds. The highest BCUT2D eigenvalue weighted by molar-refractivity contribution is 6.30. The van der Waals surface area contributed by atoms with Crippen LogP contribution >= 0.6 is 11.6 Å². The van der Waals surface area contributed by atoms with Crippen LogP contribution < -0.4 is 11.1 Å². The number of carbonyl (C=O) groups excluding carboxylic acids is 1. The van der Waals surface area contributed by atoms with Crippen molar-refractivity contribution in [2.24, 2.45) is 10.7 Å². The molecule has 2 aromatic rings. The lowest BCUT2D eigenvalue weighted by Crippen LogP contribution is -2.33. The van der Waals surface area contributed by atoms with Crippen molar-refractivity contribution in [2.75, 3.05) is 5.32 Å². The van der Waals surface area contributed by atoms with Gasteiger partial charge in [0.05, 0.1) is 11.4 Å². The summed E-state index contributed by atoms with van der Waals surface area (Å²) in [6.45, 7) is 0. The third-order valence-electron chi connectivity index (χ3n) is 3.09. The minimum atomic E-state index is -0.923. The number of benzene rings is 2. The van der Waals surface area contributed by atoms with Crippen molar-refractivity contribution in [3.05, 3.63) is 64.7 Å². The molecular weight excluding hydrogens is 274 g/mol. The highest BCUT2D eigenvalue weighted by atomic mass is 35.5. The van der Waals surface area contributed by atoms with Crippen molar-refractivity contribution in [1.82, 2.24) is 0 Å². The first-order valence-electron chi connectivity index (χ1n) is 6.15. The number of para-hydroxylation sites is 1. The Morgan fingerprint density at radius 2 is 1.80 bits per heavy atom. The van der Waals surface area contributed by atoms with Crippen LogP contribution in [-0.2, 0) is 4.79 Å². The third kappa shape index (κ3) is 2.31. The zero-order chi connectivity index (χ0) is 14.1. The maximum Gasteiger partial charge on any atom is 0.263 e. The van der Waals surface area contributed by atoms with E-state index in [0.29, 0.717) is 16.4 Å². The predicted molar refractivity (Wildman–Crippen MR) is 80.1 cm³/mol. The van der Waals surface area contributed by atoms with Gasteiger partial charge in [-0.1, -0.05) is 41.9 Å². The van der Waals surface area contributed by atoms with Gasteiger partial charge in [0, 0.05) is 16.1 Å². The monoisotopic (exact) mass is 285 g/mol. The van der Waals surface area contributed by atoms with Gasteiger partial charge in [-0.2, -0.15) is 0 Å². The first-order valence-corrected chi connectivity index (χ1v) is 6.52. The van der Waals surface area contributed by atoms with E-state index >= 15 is 0 Å². The average molecular weight is 286 g/mol. The van der Waals surface area contributed by atoms with Crippen LogP contribution in [0.25, 0.3) is 0 Å². The molecule has 5 heteroatoms. The maximum absolute atomic E-state index is 11.8. The molecule has 20 heavy (non-hydrogen) atoms. The Morgan fingerprint density at radius 1 is 1.10 bits per heavy atom. The molecule has 2 aromatic carbocycles. The molecule has 0 aliphatic carbocycles. The van der Waals surface area contributed by atoms with Crippen LogP contribution in [0.3, 0.4) is 0 Å². The summed E-state index contributed by atoms with van der Waals surface area (Å²) >= 11 is 5.90. The van der Waals surface area contributed by atoms with Crippen LogP contribution in [0.5, 0.6) is 0 Å². The maximum atomic E-state index is 11.8. The fraction of sp³-hybridized carbons (Fsp3) is 0.0667. The number of hydrogen-bond acceptors (Lipinski definition) is 3. The van der Waals surface area contributed by atoms with Crippen LogP contribution in [0, 0.1) is 0 Å². The Kier molecular flexibility index (Phi) is 3.26. The molecule has 1 heterocycles. The van der Waals surface area contributed by atoms with Crippen LogP contribution in [0.2, 0.25) is 5.02 Å². The van der Waals surface area contributed by atoms with E-state index in [9.17, 15) is 4.79 Å². The Bertz CT molecular complexity index is 695. The second-order valence-electron chi connectivity index (χ2n) is 4.46. The molecule has 0 spiro atoms. The number of rotatable bonds is 1. The Balaban J connectivity index is 2.18. The van der Waals surface area contributed by atoms with Crippen LogP contribution in [-0.4, -0.2) is 17.8 Å². The van der Waals surface area contributed by atoms with Gasteiger partial charge >= 0.3 is 0 Å². The molecular formula is C15H12ClN3O. The average Bonchev–Trinajstić information content (AvgIpc) is 2.58. The van der Waals surface area contributed by atoms with Gasteiger partial charge in [0.1, 0.15) is 0 Å². The SMILES string of the molecule is NC1N=C(c2ccc(Cl)cc2)c2ccccc2NC1=O. The van der Waals surface area contributed by atoms with E-state index in [1.165, 1.54) is 0 Å². The Labute approximate surface area is 121 Å². The normalized spacial score (nSPS) is 17.8. The van der Waals surface area contributed by atoms with E-state index in [1.54, 1.807) is 12.1 Å². The number of hydrogen-bond donors (Lipinski definition) is 2. The second-order valence-corrected chi connectivity index (χ2v) is 4.90. The van der Waals surface area contributed by atoms with Crippen molar-refractivity contribution in [1.29, 1.82) is 0 Å². The summed E-state index contributed by atoms with van der Waals surface area (Å²) in [5.41, 5.74) is 8.89. The van der Waals surface area contributed by atoms with Crippen molar-refractivity contribution in [3.8, 4) is 0 Å². The number of benzodiazepines with no additional fused rings is 1. The number of nitrogens with one attached hydrogen (secondary N) is 1. The number of carbonyl (C=O) groups is 1. The fourth-order valence-electron chi connectivity index (χ4n) is 2.11. The minimum Gasteiger partial charge on any atom is -0.322 e. The molecule has 0 aromatic heterocycles. The zero-order valence-electron chi connectivity index (χ0n) is 10.5. The molecule has 1 unspecified atom stereocenters. The predicted octanol–water partition coefficient (Wildman–Crippen LogP) is 2.41. The molecule has 0 fully saturated rings. The van der Waals surface area contributed by atoms with Gasteiger partial charge in [-0.3, -0.25) is 9.79 Å². The quantitative estimate of drug-likeness (QED) is 0.845. The molecule has 3 rings (SSSR count). The summed E-state index contributed by atoms with van der Waals surface area (Å²) in [7, 11) is 0.